The van der Waals surface area contributed by atoms with Crippen LogP contribution in [0.15, 0.2) is 36.4 Å². The van der Waals surface area contributed by atoms with Crippen LogP contribution in [0, 0.1) is 6.92 Å². The van der Waals surface area contributed by atoms with Crippen molar-refractivity contribution < 1.29 is 0 Å². The normalized spacial score (nSPS) is 16.2. The first-order chi connectivity index (χ1) is 12.7. The lowest BCUT2D eigenvalue weighted by molar-refractivity contribution is 0.211. The molecule has 26 heavy (non-hydrogen) atoms. The van der Waals surface area contributed by atoms with Gasteiger partial charge in [0.15, 0.2) is 5.82 Å². The second-order valence-electron chi connectivity index (χ2n) is 7.06. The topological polar surface area (TPSA) is 58.4 Å². The number of aryl methyl sites for hydroxylation is 2. The third-order valence-corrected chi connectivity index (χ3v) is 4.99. The Morgan fingerprint density at radius 1 is 1.12 bits per heavy atom. The lowest BCUT2D eigenvalue weighted by Gasteiger charge is -2.32. The molecule has 1 fully saturated rings. The molecule has 3 aromatic rings. The van der Waals surface area contributed by atoms with Gasteiger partial charge in [0.25, 0.3) is 5.78 Å². The number of hydrogen-bond donors (Lipinski definition) is 1. The first kappa shape index (κ1) is 17.0. The summed E-state index contributed by atoms with van der Waals surface area (Å²) in [5.74, 6) is 2.52. The van der Waals surface area contributed by atoms with E-state index in [1.165, 1.54) is 5.56 Å². The van der Waals surface area contributed by atoms with E-state index in [0.717, 1.165) is 56.2 Å². The average molecular weight is 350 g/mol. The zero-order chi connectivity index (χ0) is 17.9. The van der Waals surface area contributed by atoms with Gasteiger partial charge in [0.2, 0.25) is 0 Å². The summed E-state index contributed by atoms with van der Waals surface area (Å²) in [6.07, 6.45) is 3.08. The number of piperidine rings is 1. The molecule has 1 aliphatic heterocycles. The molecule has 0 unspecified atom stereocenters. The maximum atomic E-state index is 4.58. The Morgan fingerprint density at radius 3 is 2.62 bits per heavy atom. The molecule has 1 saturated heterocycles. The van der Waals surface area contributed by atoms with Crippen LogP contribution in [-0.2, 0) is 13.0 Å². The monoisotopic (exact) mass is 350 g/mol. The van der Waals surface area contributed by atoms with E-state index in [9.17, 15) is 0 Å². The number of nitrogens with zero attached hydrogens (tertiary/aromatic N) is 5. The maximum absolute atomic E-state index is 4.58. The number of rotatable bonds is 5. The summed E-state index contributed by atoms with van der Waals surface area (Å²) >= 11 is 0. The highest BCUT2D eigenvalue weighted by molar-refractivity contribution is 5.46. The highest BCUT2D eigenvalue weighted by atomic mass is 15.4. The quantitative estimate of drug-likeness (QED) is 0.766. The van der Waals surface area contributed by atoms with Gasteiger partial charge in [0, 0.05) is 43.9 Å². The Morgan fingerprint density at radius 2 is 1.88 bits per heavy atom. The van der Waals surface area contributed by atoms with E-state index >= 15 is 0 Å². The van der Waals surface area contributed by atoms with Crippen LogP contribution in [0.3, 0.4) is 0 Å². The number of hydrogen-bond acceptors (Lipinski definition) is 5. The summed E-state index contributed by atoms with van der Waals surface area (Å²) in [7, 11) is 0. The molecule has 0 bridgehead atoms. The third kappa shape index (κ3) is 3.70. The zero-order valence-electron chi connectivity index (χ0n) is 15.5. The number of anilines is 1. The molecule has 136 valence electrons. The van der Waals surface area contributed by atoms with Crippen molar-refractivity contribution in [2.24, 2.45) is 0 Å². The molecule has 6 heteroatoms. The molecule has 0 radical (unpaired) electrons. The molecule has 3 heterocycles. The van der Waals surface area contributed by atoms with Crippen molar-refractivity contribution >= 4 is 11.6 Å². The van der Waals surface area contributed by atoms with Crippen molar-refractivity contribution in [2.75, 3.05) is 18.4 Å². The zero-order valence-corrected chi connectivity index (χ0v) is 15.5. The van der Waals surface area contributed by atoms with Crippen LogP contribution in [-0.4, -0.2) is 43.6 Å². The standard InChI is InChI=1S/C20H26N6/c1-3-18-23-20-21-15(2)13-19(26(20)24-18)22-17-9-11-25(12-10-17)14-16-7-5-4-6-8-16/h4-8,13,17,22H,3,9-12,14H2,1-2H3. The highest BCUT2D eigenvalue weighted by Crippen LogP contribution is 2.19. The number of nitrogens with one attached hydrogen (secondary N) is 1. The molecular weight excluding hydrogens is 324 g/mol. The van der Waals surface area contributed by atoms with Crippen LogP contribution in [0.25, 0.3) is 5.78 Å². The molecule has 0 aliphatic carbocycles. The van der Waals surface area contributed by atoms with E-state index < -0.39 is 0 Å². The summed E-state index contributed by atoms with van der Waals surface area (Å²) in [6, 6.07) is 13.2. The predicted octanol–water partition coefficient (Wildman–Crippen LogP) is 3.07. The van der Waals surface area contributed by atoms with Crippen molar-refractivity contribution in [2.45, 2.75) is 45.7 Å². The van der Waals surface area contributed by atoms with E-state index in [4.69, 9.17) is 0 Å². The van der Waals surface area contributed by atoms with E-state index in [1.54, 1.807) is 0 Å². The first-order valence-corrected chi connectivity index (χ1v) is 9.47. The molecule has 1 aliphatic rings. The fourth-order valence-corrected chi connectivity index (χ4v) is 3.57. The van der Waals surface area contributed by atoms with Crippen molar-refractivity contribution in [1.29, 1.82) is 0 Å². The van der Waals surface area contributed by atoms with Crippen molar-refractivity contribution in [3.63, 3.8) is 0 Å². The highest BCUT2D eigenvalue weighted by Gasteiger charge is 2.20. The number of aromatic nitrogens is 4. The largest absolute Gasteiger partial charge is 0.367 e. The van der Waals surface area contributed by atoms with Gasteiger partial charge in [-0.2, -0.15) is 9.50 Å². The number of benzene rings is 1. The Kier molecular flexibility index (Phi) is 4.84. The van der Waals surface area contributed by atoms with E-state index in [-0.39, 0.29) is 0 Å². The van der Waals surface area contributed by atoms with Crippen molar-refractivity contribution in [3.8, 4) is 0 Å². The maximum Gasteiger partial charge on any atom is 0.254 e. The van der Waals surface area contributed by atoms with Gasteiger partial charge in [-0.15, -0.1) is 5.10 Å². The Bertz CT molecular complexity index is 865. The van der Waals surface area contributed by atoms with Crippen LogP contribution in [0.5, 0.6) is 0 Å². The van der Waals surface area contributed by atoms with Crippen LogP contribution in [0.1, 0.15) is 36.8 Å². The molecule has 2 aromatic heterocycles. The van der Waals surface area contributed by atoms with E-state index in [2.05, 4.69) is 68.6 Å². The van der Waals surface area contributed by atoms with Gasteiger partial charge < -0.3 is 5.32 Å². The molecule has 0 saturated carbocycles. The molecule has 1 N–H and O–H groups in total. The third-order valence-electron chi connectivity index (χ3n) is 4.99. The summed E-state index contributed by atoms with van der Waals surface area (Å²) in [4.78, 5) is 11.5. The van der Waals surface area contributed by atoms with E-state index in [0.29, 0.717) is 11.8 Å². The molecular formula is C20H26N6. The summed E-state index contributed by atoms with van der Waals surface area (Å²) in [5.41, 5.74) is 2.36. The summed E-state index contributed by atoms with van der Waals surface area (Å²) in [6.45, 7) is 7.33. The molecule has 0 atom stereocenters. The Labute approximate surface area is 154 Å². The summed E-state index contributed by atoms with van der Waals surface area (Å²) < 4.78 is 1.85. The molecule has 6 nitrogen and oxygen atoms in total. The van der Waals surface area contributed by atoms with E-state index in [1.807, 2.05) is 11.4 Å². The van der Waals surface area contributed by atoms with Gasteiger partial charge in [0.05, 0.1) is 0 Å². The van der Waals surface area contributed by atoms with Gasteiger partial charge in [-0.3, -0.25) is 4.90 Å². The number of fused-ring (bicyclic) bond motifs is 1. The lowest BCUT2D eigenvalue weighted by Crippen LogP contribution is -2.39. The molecule has 0 spiro atoms. The van der Waals surface area contributed by atoms with Crippen LogP contribution < -0.4 is 5.32 Å². The Balaban J connectivity index is 1.41. The average Bonchev–Trinajstić information content (AvgIpc) is 3.07. The fourth-order valence-electron chi connectivity index (χ4n) is 3.57. The van der Waals surface area contributed by atoms with Gasteiger partial charge in [0.1, 0.15) is 5.82 Å². The lowest BCUT2D eigenvalue weighted by atomic mass is 10.0. The van der Waals surface area contributed by atoms with Crippen molar-refractivity contribution in [1.82, 2.24) is 24.5 Å². The Hall–Kier alpha value is -2.47. The smallest absolute Gasteiger partial charge is 0.254 e. The fraction of sp³-hybridized carbons (Fsp3) is 0.450. The van der Waals surface area contributed by atoms with Crippen molar-refractivity contribution in [3.05, 3.63) is 53.5 Å². The second kappa shape index (κ2) is 7.41. The second-order valence-corrected chi connectivity index (χ2v) is 7.06. The van der Waals surface area contributed by atoms with Gasteiger partial charge in [-0.05, 0) is 25.3 Å². The first-order valence-electron chi connectivity index (χ1n) is 9.47. The molecule has 1 aromatic carbocycles. The summed E-state index contributed by atoms with van der Waals surface area (Å²) in [5, 5.41) is 8.26. The minimum Gasteiger partial charge on any atom is -0.367 e. The van der Waals surface area contributed by atoms with Crippen LogP contribution >= 0.6 is 0 Å². The van der Waals surface area contributed by atoms with Crippen LogP contribution in [0.4, 0.5) is 5.82 Å². The molecule has 0 amide bonds. The predicted molar refractivity (Wildman–Crippen MR) is 103 cm³/mol. The van der Waals surface area contributed by atoms with Gasteiger partial charge in [-0.1, -0.05) is 37.3 Å². The SMILES string of the molecule is CCc1nc2nc(C)cc(NC3CCN(Cc4ccccc4)CC3)n2n1. The van der Waals surface area contributed by atoms with Crippen LogP contribution in [0.2, 0.25) is 0 Å². The molecule has 4 rings (SSSR count). The van der Waals surface area contributed by atoms with Gasteiger partial charge >= 0.3 is 0 Å². The minimum absolute atomic E-state index is 0.460. The number of likely N-dealkylation sites (tertiary alicyclic amines) is 1. The minimum atomic E-state index is 0.460. The van der Waals surface area contributed by atoms with Gasteiger partial charge in [-0.25, -0.2) is 4.98 Å².